The highest BCUT2D eigenvalue weighted by molar-refractivity contribution is 14.1. The van der Waals surface area contributed by atoms with Crippen molar-refractivity contribution in [3.63, 3.8) is 0 Å². The standard InChI is InChI=1S/C14H17IN2S/c1-2-7-16-13(10-14-17-8-9-18-14)11-5-3-4-6-12(11)15/h3-6,8-9,13,16H,2,7,10H2,1H3. The van der Waals surface area contributed by atoms with Crippen LogP contribution in [-0.4, -0.2) is 11.5 Å². The molecule has 18 heavy (non-hydrogen) atoms. The van der Waals surface area contributed by atoms with Gasteiger partial charge < -0.3 is 5.32 Å². The van der Waals surface area contributed by atoms with Crippen molar-refractivity contribution in [1.82, 2.24) is 10.3 Å². The van der Waals surface area contributed by atoms with Crippen LogP contribution in [0.2, 0.25) is 0 Å². The van der Waals surface area contributed by atoms with E-state index in [-0.39, 0.29) is 0 Å². The van der Waals surface area contributed by atoms with Crippen LogP contribution in [0.5, 0.6) is 0 Å². The van der Waals surface area contributed by atoms with Crippen LogP contribution in [0.1, 0.15) is 30.0 Å². The van der Waals surface area contributed by atoms with Crippen molar-refractivity contribution in [3.8, 4) is 0 Å². The Labute approximate surface area is 126 Å². The van der Waals surface area contributed by atoms with Gasteiger partial charge in [-0.15, -0.1) is 11.3 Å². The second kappa shape index (κ2) is 7.21. The number of halogens is 1. The topological polar surface area (TPSA) is 24.9 Å². The van der Waals surface area contributed by atoms with Crippen LogP contribution in [0.3, 0.4) is 0 Å². The molecule has 2 nitrogen and oxygen atoms in total. The number of benzene rings is 1. The molecule has 4 heteroatoms. The number of hydrogen-bond acceptors (Lipinski definition) is 3. The maximum Gasteiger partial charge on any atom is 0.0943 e. The van der Waals surface area contributed by atoms with Gasteiger partial charge in [0.15, 0.2) is 0 Å². The zero-order chi connectivity index (χ0) is 12.8. The molecule has 0 bridgehead atoms. The van der Waals surface area contributed by atoms with Gasteiger partial charge in [-0.05, 0) is 47.2 Å². The molecule has 1 heterocycles. The van der Waals surface area contributed by atoms with Gasteiger partial charge in [-0.25, -0.2) is 4.98 Å². The van der Waals surface area contributed by atoms with Crippen molar-refractivity contribution >= 4 is 33.9 Å². The highest BCUT2D eigenvalue weighted by Gasteiger charge is 2.15. The zero-order valence-corrected chi connectivity index (χ0v) is 13.4. The van der Waals surface area contributed by atoms with Gasteiger partial charge >= 0.3 is 0 Å². The third kappa shape index (κ3) is 3.76. The average Bonchev–Trinajstić information content (AvgIpc) is 2.88. The summed E-state index contributed by atoms with van der Waals surface area (Å²) in [6, 6.07) is 8.94. The summed E-state index contributed by atoms with van der Waals surface area (Å²) in [6.45, 7) is 3.24. The Balaban J connectivity index is 2.16. The molecule has 1 N–H and O–H groups in total. The first kappa shape index (κ1) is 14.0. The number of nitrogens with one attached hydrogen (secondary N) is 1. The number of nitrogens with zero attached hydrogens (tertiary/aromatic N) is 1. The number of thiazole rings is 1. The van der Waals surface area contributed by atoms with Gasteiger partial charge in [0.05, 0.1) is 5.01 Å². The van der Waals surface area contributed by atoms with Crippen LogP contribution < -0.4 is 5.32 Å². The van der Waals surface area contributed by atoms with Crippen molar-refractivity contribution in [2.75, 3.05) is 6.54 Å². The van der Waals surface area contributed by atoms with E-state index in [9.17, 15) is 0 Å². The molecule has 96 valence electrons. The maximum atomic E-state index is 4.40. The predicted molar refractivity (Wildman–Crippen MR) is 86.0 cm³/mol. The lowest BCUT2D eigenvalue weighted by Gasteiger charge is -2.19. The number of rotatable bonds is 6. The Hall–Kier alpha value is -0.460. The van der Waals surface area contributed by atoms with Crippen LogP contribution in [0.25, 0.3) is 0 Å². The van der Waals surface area contributed by atoms with E-state index in [1.165, 1.54) is 14.1 Å². The Morgan fingerprint density at radius 2 is 2.22 bits per heavy atom. The van der Waals surface area contributed by atoms with Gasteiger partial charge in [0.1, 0.15) is 0 Å². The first-order valence-corrected chi connectivity index (χ1v) is 8.13. The summed E-state index contributed by atoms with van der Waals surface area (Å²) >= 11 is 4.14. The molecule has 0 aliphatic heterocycles. The summed E-state index contributed by atoms with van der Waals surface area (Å²) in [4.78, 5) is 4.40. The van der Waals surface area contributed by atoms with Crippen molar-refractivity contribution in [2.24, 2.45) is 0 Å². The highest BCUT2D eigenvalue weighted by atomic mass is 127. The fourth-order valence-electron chi connectivity index (χ4n) is 1.90. The fourth-order valence-corrected chi connectivity index (χ4v) is 3.32. The summed E-state index contributed by atoms with van der Waals surface area (Å²) in [7, 11) is 0. The molecule has 0 radical (unpaired) electrons. The van der Waals surface area contributed by atoms with Crippen LogP contribution in [0.4, 0.5) is 0 Å². The van der Waals surface area contributed by atoms with Crippen LogP contribution in [0.15, 0.2) is 35.8 Å². The monoisotopic (exact) mass is 372 g/mol. The fraction of sp³-hybridized carbons (Fsp3) is 0.357. The molecule has 1 atom stereocenters. The number of hydrogen-bond donors (Lipinski definition) is 1. The van der Waals surface area contributed by atoms with Gasteiger partial charge in [-0.1, -0.05) is 25.1 Å². The SMILES string of the molecule is CCCNC(Cc1nccs1)c1ccccc1I. The molecule has 0 spiro atoms. The molecule has 0 saturated carbocycles. The van der Waals surface area contributed by atoms with Crippen molar-refractivity contribution in [2.45, 2.75) is 25.8 Å². The van der Waals surface area contributed by atoms with E-state index in [0.29, 0.717) is 6.04 Å². The molecule has 2 aromatic rings. The third-order valence-electron chi connectivity index (χ3n) is 2.78. The van der Waals surface area contributed by atoms with Gasteiger partial charge in [0.2, 0.25) is 0 Å². The minimum absolute atomic E-state index is 0.365. The molecule has 0 fully saturated rings. The lowest BCUT2D eigenvalue weighted by molar-refractivity contribution is 0.526. The Kier molecular flexibility index (Phi) is 5.59. The molecular formula is C14H17IN2S. The summed E-state index contributed by atoms with van der Waals surface area (Å²) in [5.74, 6) is 0. The first-order chi connectivity index (χ1) is 8.81. The zero-order valence-electron chi connectivity index (χ0n) is 10.4. The van der Waals surface area contributed by atoms with Gasteiger partial charge in [0, 0.05) is 27.6 Å². The van der Waals surface area contributed by atoms with E-state index >= 15 is 0 Å². The van der Waals surface area contributed by atoms with Crippen LogP contribution >= 0.6 is 33.9 Å². The molecule has 1 unspecified atom stereocenters. The second-order valence-electron chi connectivity index (χ2n) is 4.16. The van der Waals surface area contributed by atoms with Crippen molar-refractivity contribution in [3.05, 3.63) is 50.0 Å². The molecule has 0 aliphatic carbocycles. The van der Waals surface area contributed by atoms with E-state index in [4.69, 9.17) is 0 Å². The van der Waals surface area contributed by atoms with Crippen LogP contribution in [-0.2, 0) is 6.42 Å². The predicted octanol–water partition coefficient (Wildman–Crippen LogP) is 4.03. The van der Waals surface area contributed by atoms with E-state index in [0.717, 1.165) is 19.4 Å². The molecular weight excluding hydrogens is 355 g/mol. The Bertz CT molecular complexity index is 470. The largest absolute Gasteiger partial charge is 0.310 e. The number of aromatic nitrogens is 1. The normalized spacial score (nSPS) is 12.6. The molecule has 0 amide bonds. The Morgan fingerprint density at radius 1 is 1.39 bits per heavy atom. The Morgan fingerprint density at radius 3 is 2.89 bits per heavy atom. The molecule has 2 rings (SSSR count). The quantitative estimate of drug-likeness (QED) is 0.775. The summed E-state index contributed by atoms with van der Waals surface area (Å²) in [6.07, 6.45) is 4.00. The van der Waals surface area contributed by atoms with Gasteiger partial charge in [-0.3, -0.25) is 0 Å². The molecule has 1 aromatic carbocycles. The van der Waals surface area contributed by atoms with Crippen LogP contribution in [0, 0.1) is 3.57 Å². The van der Waals surface area contributed by atoms with E-state index < -0.39 is 0 Å². The van der Waals surface area contributed by atoms with Crippen molar-refractivity contribution < 1.29 is 0 Å². The first-order valence-electron chi connectivity index (χ1n) is 6.17. The molecule has 1 aromatic heterocycles. The summed E-state index contributed by atoms with van der Waals surface area (Å²) in [5.41, 5.74) is 1.38. The minimum Gasteiger partial charge on any atom is -0.310 e. The smallest absolute Gasteiger partial charge is 0.0943 e. The average molecular weight is 372 g/mol. The third-order valence-corrected chi connectivity index (χ3v) is 4.57. The summed E-state index contributed by atoms with van der Waals surface area (Å²) in [5, 5.41) is 6.87. The van der Waals surface area contributed by atoms with E-state index in [1.54, 1.807) is 11.3 Å². The highest BCUT2D eigenvalue weighted by Crippen LogP contribution is 2.24. The molecule has 0 saturated heterocycles. The second-order valence-corrected chi connectivity index (χ2v) is 6.30. The molecule has 0 aliphatic rings. The van der Waals surface area contributed by atoms with Gasteiger partial charge in [0.25, 0.3) is 0 Å². The minimum atomic E-state index is 0.365. The van der Waals surface area contributed by atoms with E-state index in [2.05, 4.69) is 64.1 Å². The maximum absolute atomic E-state index is 4.40. The lowest BCUT2D eigenvalue weighted by Crippen LogP contribution is -2.24. The summed E-state index contributed by atoms with van der Waals surface area (Å²) < 4.78 is 1.32. The van der Waals surface area contributed by atoms with Crippen molar-refractivity contribution in [1.29, 1.82) is 0 Å². The lowest BCUT2D eigenvalue weighted by atomic mass is 10.0. The van der Waals surface area contributed by atoms with Gasteiger partial charge in [-0.2, -0.15) is 0 Å². The van der Waals surface area contributed by atoms with E-state index in [1.807, 2.05) is 11.6 Å².